The van der Waals surface area contributed by atoms with E-state index in [1.807, 2.05) is 13.8 Å². The number of fused-ring (bicyclic) bond motifs is 1. The first-order chi connectivity index (χ1) is 9.45. The Labute approximate surface area is 125 Å². The Balaban J connectivity index is 2.04. The van der Waals surface area contributed by atoms with E-state index in [2.05, 4.69) is 22.0 Å². The summed E-state index contributed by atoms with van der Waals surface area (Å²) in [4.78, 5) is 11.1. The van der Waals surface area contributed by atoms with Gasteiger partial charge in [0, 0.05) is 11.1 Å². The van der Waals surface area contributed by atoms with Gasteiger partial charge in [0.25, 0.3) is 0 Å². The van der Waals surface area contributed by atoms with Crippen LogP contribution in [0.3, 0.4) is 0 Å². The van der Waals surface area contributed by atoms with Crippen molar-refractivity contribution in [2.24, 2.45) is 0 Å². The summed E-state index contributed by atoms with van der Waals surface area (Å²) in [6.45, 7) is 6.44. The van der Waals surface area contributed by atoms with Crippen LogP contribution in [0.4, 0.5) is 5.82 Å². The second-order valence-electron chi connectivity index (χ2n) is 4.75. The number of halogens is 1. The molecule has 0 radical (unpaired) electrons. The zero-order chi connectivity index (χ0) is 14.4. The molecule has 0 fully saturated rings. The Bertz CT molecular complexity index is 785. The molecule has 2 N–H and O–H groups in total. The molecule has 0 saturated heterocycles. The monoisotopic (exact) mass is 307 g/mol. The van der Waals surface area contributed by atoms with E-state index in [1.54, 1.807) is 22.2 Å². The molecule has 20 heavy (non-hydrogen) atoms. The lowest BCUT2D eigenvalue weighted by atomic mass is 10.2. The lowest BCUT2D eigenvalue weighted by Crippen LogP contribution is -2.07. The maximum atomic E-state index is 6.06. The average Bonchev–Trinajstić information content (AvgIpc) is 2.81. The van der Waals surface area contributed by atoms with Crippen LogP contribution in [0.1, 0.15) is 22.0 Å². The van der Waals surface area contributed by atoms with E-state index in [9.17, 15) is 0 Å². The normalized spacial score (nSPS) is 11.4. The van der Waals surface area contributed by atoms with E-state index < -0.39 is 0 Å². The minimum atomic E-state index is 0.462. The van der Waals surface area contributed by atoms with Gasteiger partial charge >= 0.3 is 0 Å². The van der Waals surface area contributed by atoms with Crippen LogP contribution < -0.4 is 5.73 Å². The van der Waals surface area contributed by atoms with Gasteiger partial charge in [-0.25, -0.2) is 9.97 Å². The van der Waals surface area contributed by atoms with Crippen LogP contribution in [-0.2, 0) is 6.54 Å². The highest BCUT2D eigenvalue weighted by Gasteiger charge is 2.13. The SMILES string of the molecule is Cc1nn(Cc2nc(N)c3c(C)c(C)sc3n2)cc1Cl. The Morgan fingerprint density at radius 2 is 2.05 bits per heavy atom. The van der Waals surface area contributed by atoms with Crippen molar-refractivity contribution in [2.75, 3.05) is 5.73 Å². The molecule has 3 aromatic heterocycles. The number of anilines is 1. The maximum Gasteiger partial charge on any atom is 0.153 e. The van der Waals surface area contributed by atoms with Crippen LogP contribution in [0, 0.1) is 20.8 Å². The van der Waals surface area contributed by atoms with Gasteiger partial charge in [-0.3, -0.25) is 4.68 Å². The topological polar surface area (TPSA) is 69.6 Å². The van der Waals surface area contributed by atoms with Crippen molar-refractivity contribution in [3.8, 4) is 0 Å². The number of hydrogen-bond acceptors (Lipinski definition) is 5. The molecule has 0 aliphatic rings. The van der Waals surface area contributed by atoms with Gasteiger partial charge in [0.1, 0.15) is 17.2 Å². The number of aromatic nitrogens is 4. The van der Waals surface area contributed by atoms with Gasteiger partial charge in [-0.15, -0.1) is 11.3 Å². The number of nitrogen functional groups attached to an aromatic ring is 1. The number of rotatable bonds is 2. The van der Waals surface area contributed by atoms with Crippen molar-refractivity contribution in [3.05, 3.63) is 33.2 Å². The van der Waals surface area contributed by atoms with Crippen LogP contribution in [0.5, 0.6) is 0 Å². The maximum absolute atomic E-state index is 6.06. The van der Waals surface area contributed by atoms with E-state index in [-0.39, 0.29) is 0 Å². The van der Waals surface area contributed by atoms with E-state index in [0.717, 1.165) is 21.5 Å². The number of nitrogens with two attached hydrogens (primary N) is 1. The van der Waals surface area contributed by atoms with Crippen LogP contribution in [-0.4, -0.2) is 19.7 Å². The van der Waals surface area contributed by atoms with Crippen LogP contribution in [0.15, 0.2) is 6.20 Å². The third-order valence-corrected chi connectivity index (χ3v) is 4.77. The van der Waals surface area contributed by atoms with Gasteiger partial charge in [-0.05, 0) is 26.3 Å². The molecule has 3 aromatic rings. The van der Waals surface area contributed by atoms with Crippen molar-refractivity contribution < 1.29 is 0 Å². The second-order valence-corrected chi connectivity index (χ2v) is 6.36. The molecule has 0 amide bonds. The van der Waals surface area contributed by atoms with Gasteiger partial charge in [0.05, 0.1) is 16.1 Å². The third kappa shape index (κ3) is 2.14. The molecule has 0 aromatic carbocycles. The van der Waals surface area contributed by atoms with Crippen LogP contribution in [0.2, 0.25) is 5.02 Å². The zero-order valence-electron chi connectivity index (χ0n) is 11.4. The summed E-state index contributed by atoms with van der Waals surface area (Å²) < 4.78 is 1.73. The van der Waals surface area contributed by atoms with Gasteiger partial charge in [-0.1, -0.05) is 11.6 Å². The first-order valence-electron chi connectivity index (χ1n) is 6.17. The fraction of sp³-hybridized carbons (Fsp3) is 0.308. The average molecular weight is 308 g/mol. The molecule has 0 spiro atoms. The smallest absolute Gasteiger partial charge is 0.153 e. The predicted molar refractivity (Wildman–Crippen MR) is 82.4 cm³/mol. The Hall–Kier alpha value is -1.66. The molecule has 7 heteroatoms. The number of thiophene rings is 1. The summed E-state index contributed by atoms with van der Waals surface area (Å²) in [5.41, 5.74) is 8.01. The third-order valence-electron chi connectivity index (χ3n) is 3.29. The summed E-state index contributed by atoms with van der Waals surface area (Å²) >= 11 is 7.64. The Kier molecular flexibility index (Phi) is 3.14. The van der Waals surface area contributed by atoms with Crippen LogP contribution >= 0.6 is 22.9 Å². The number of hydrogen-bond donors (Lipinski definition) is 1. The minimum Gasteiger partial charge on any atom is -0.383 e. The summed E-state index contributed by atoms with van der Waals surface area (Å²) in [5.74, 6) is 1.18. The molecule has 3 rings (SSSR count). The van der Waals surface area contributed by atoms with E-state index in [0.29, 0.717) is 23.2 Å². The quantitative estimate of drug-likeness (QED) is 0.790. The first-order valence-corrected chi connectivity index (χ1v) is 7.37. The summed E-state index contributed by atoms with van der Waals surface area (Å²) in [6.07, 6.45) is 1.77. The minimum absolute atomic E-state index is 0.462. The van der Waals surface area contributed by atoms with Crippen molar-refractivity contribution >= 4 is 39.0 Å². The zero-order valence-corrected chi connectivity index (χ0v) is 13.0. The van der Waals surface area contributed by atoms with E-state index >= 15 is 0 Å². The molecule has 0 atom stereocenters. The molecule has 5 nitrogen and oxygen atoms in total. The molecule has 0 bridgehead atoms. The van der Waals surface area contributed by atoms with Gasteiger partial charge < -0.3 is 5.73 Å². The van der Waals surface area contributed by atoms with Crippen molar-refractivity contribution in [2.45, 2.75) is 27.3 Å². The van der Waals surface area contributed by atoms with Gasteiger partial charge in [0.15, 0.2) is 5.82 Å². The highest BCUT2D eigenvalue weighted by atomic mass is 35.5. The fourth-order valence-corrected chi connectivity index (χ4v) is 3.32. The second kappa shape index (κ2) is 4.71. The summed E-state index contributed by atoms with van der Waals surface area (Å²) in [6, 6.07) is 0. The molecule has 0 saturated carbocycles. The van der Waals surface area contributed by atoms with E-state index in [1.165, 1.54) is 4.88 Å². The van der Waals surface area contributed by atoms with Gasteiger partial charge in [-0.2, -0.15) is 5.10 Å². The van der Waals surface area contributed by atoms with Crippen molar-refractivity contribution in [1.82, 2.24) is 19.7 Å². The molecule has 0 aliphatic heterocycles. The van der Waals surface area contributed by atoms with Crippen molar-refractivity contribution in [1.29, 1.82) is 0 Å². The Morgan fingerprint density at radius 3 is 2.70 bits per heavy atom. The lowest BCUT2D eigenvalue weighted by Gasteiger charge is -2.03. The molecular weight excluding hydrogens is 294 g/mol. The largest absolute Gasteiger partial charge is 0.383 e. The standard InChI is InChI=1S/C13H14ClN5S/c1-6-8(3)20-13-11(6)12(15)16-10(17-13)5-19-4-9(14)7(2)18-19/h4H,5H2,1-3H3,(H2,15,16,17). The fourth-order valence-electron chi connectivity index (χ4n) is 2.12. The van der Waals surface area contributed by atoms with Crippen LogP contribution in [0.25, 0.3) is 10.2 Å². The molecule has 0 aliphatic carbocycles. The number of nitrogens with zero attached hydrogens (tertiary/aromatic N) is 4. The highest BCUT2D eigenvalue weighted by Crippen LogP contribution is 2.31. The molecule has 3 heterocycles. The summed E-state index contributed by atoms with van der Waals surface area (Å²) in [5, 5.41) is 5.91. The highest BCUT2D eigenvalue weighted by molar-refractivity contribution is 7.18. The lowest BCUT2D eigenvalue weighted by molar-refractivity contribution is 0.653. The molecule has 104 valence electrons. The Morgan fingerprint density at radius 1 is 1.30 bits per heavy atom. The molecule has 0 unspecified atom stereocenters. The first kappa shape index (κ1) is 13.3. The number of aryl methyl sites for hydroxylation is 3. The van der Waals surface area contributed by atoms with Gasteiger partial charge in [0.2, 0.25) is 0 Å². The molecular formula is C13H14ClN5S. The van der Waals surface area contributed by atoms with E-state index in [4.69, 9.17) is 17.3 Å². The summed E-state index contributed by atoms with van der Waals surface area (Å²) in [7, 11) is 0. The van der Waals surface area contributed by atoms with Crippen molar-refractivity contribution in [3.63, 3.8) is 0 Å². The predicted octanol–water partition coefficient (Wildman–Crippen LogP) is 3.10.